The summed E-state index contributed by atoms with van der Waals surface area (Å²) in [6.45, 7) is 1.54. The molecule has 1 unspecified atom stereocenters. The molecule has 0 amide bonds. The fourth-order valence-electron chi connectivity index (χ4n) is 3.35. The summed E-state index contributed by atoms with van der Waals surface area (Å²) in [5, 5.41) is 8.93. The molecule has 0 aliphatic carbocycles. The number of aliphatic carboxylic acids is 1. The predicted octanol–water partition coefficient (Wildman–Crippen LogP) is 1.77. The highest BCUT2D eigenvalue weighted by Gasteiger charge is 2.33. The Kier molecular flexibility index (Phi) is 2.75. The number of rotatable bonds is 2. The van der Waals surface area contributed by atoms with Crippen molar-refractivity contribution in [2.75, 3.05) is 19.6 Å². The van der Waals surface area contributed by atoms with Gasteiger partial charge < -0.3 is 5.11 Å². The van der Waals surface area contributed by atoms with E-state index in [1.807, 2.05) is 29.3 Å². The number of likely N-dealkylation sites (tertiary alicyclic amines) is 1. The maximum atomic E-state index is 10.9. The highest BCUT2D eigenvalue weighted by molar-refractivity contribution is 6.54. The second kappa shape index (κ2) is 4.63. The molecule has 5 nitrogen and oxygen atoms in total. The van der Waals surface area contributed by atoms with Crippen LogP contribution in [0, 0.1) is 0 Å². The van der Waals surface area contributed by atoms with Crippen LogP contribution in [0.15, 0.2) is 39.8 Å². The van der Waals surface area contributed by atoms with Crippen LogP contribution >= 0.6 is 0 Å². The van der Waals surface area contributed by atoms with E-state index in [0.717, 1.165) is 24.4 Å². The first-order chi connectivity index (χ1) is 10.2. The molecule has 1 atom stereocenters. The van der Waals surface area contributed by atoms with Crippen molar-refractivity contribution in [2.45, 2.75) is 12.5 Å². The van der Waals surface area contributed by atoms with Crippen LogP contribution < -0.4 is 0 Å². The number of hydrogen-bond acceptors (Lipinski definition) is 4. The minimum absolute atomic E-state index is 0.0678. The maximum Gasteiger partial charge on any atom is 0.317 e. The lowest BCUT2D eigenvalue weighted by Crippen LogP contribution is -2.43. The zero-order valence-electron chi connectivity index (χ0n) is 11.5. The molecule has 1 fully saturated rings. The van der Waals surface area contributed by atoms with Gasteiger partial charge in [0, 0.05) is 30.4 Å². The molecule has 3 aliphatic rings. The average Bonchev–Trinajstić information content (AvgIpc) is 2.85. The Morgan fingerprint density at radius 1 is 1.38 bits per heavy atom. The van der Waals surface area contributed by atoms with Gasteiger partial charge in [0.1, 0.15) is 0 Å². The van der Waals surface area contributed by atoms with Crippen LogP contribution in [-0.4, -0.2) is 53.6 Å². The largest absolute Gasteiger partial charge is 0.480 e. The number of allylic oxidation sites excluding steroid dienone is 1. The van der Waals surface area contributed by atoms with Crippen LogP contribution in [-0.2, 0) is 4.79 Å². The second-order valence-electron chi connectivity index (χ2n) is 5.59. The molecule has 21 heavy (non-hydrogen) atoms. The van der Waals surface area contributed by atoms with Crippen molar-refractivity contribution in [1.29, 1.82) is 0 Å². The smallest absolute Gasteiger partial charge is 0.317 e. The van der Waals surface area contributed by atoms with E-state index >= 15 is 0 Å². The van der Waals surface area contributed by atoms with Crippen molar-refractivity contribution in [3.8, 4) is 0 Å². The number of nitrogens with zero attached hydrogens (tertiary/aromatic N) is 3. The van der Waals surface area contributed by atoms with Gasteiger partial charge in [-0.05, 0) is 18.1 Å². The molecular formula is C16H15N3O2. The van der Waals surface area contributed by atoms with Crippen molar-refractivity contribution in [3.05, 3.63) is 35.4 Å². The maximum absolute atomic E-state index is 10.9. The molecule has 4 rings (SSSR count). The molecule has 0 saturated carbocycles. The number of benzene rings is 1. The van der Waals surface area contributed by atoms with Crippen molar-refractivity contribution in [2.24, 2.45) is 9.98 Å². The average molecular weight is 281 g/mol. The summed E-state index contributed by atoms with van der Waals surface area (Å²) in [4.78, 5) is 22.0. The van der Waals surface area contributed by atoms with E-state index in [1.165, 1.54) is 16.7 Å². The van der Waals surface area contributed by atoms with Gasteiger partial charge in [0.15, 0.2) is 0 Å². The summed E-state index contributed by atoms with van der Waals surface area (Å²) in [6.07, 6.45) is 2.70. The third-order valence-electron chi connectivity index (χ3n) is 4.26. The lowest BCUT2D eigenvalue weighted by molar-refractivity contribution is -0.138. The number of aliphatic imine (C=N–C) groups is 2. The van der Waals surface area contributed by atoms with E-state index in [2.05, 4.69) is 16.1 Å². The van der Waals surface area contributed by atoms with Crippen molar-refractivity contribution < 1.29 is 9.90 Å². The Morgan fingerprint density at radius 2 is 2.24 bits per heavy atom. The SMILES string of the molecule is O=C(O)CN1CCC2=C3C(=Nc4ccccc43)C=NC2C1. The van der Waals surface area contributed by atoms with Gasteiger partial charge in [-0.1, -0.05) is 18.2 Å². The zero-order chi connectivity index (χ0) is 14.4. The van der Waals surface area contributed by atoms with Gasteiger partial charge in [0.2, 0.25) is 0 Å². The molecule has 1 N–H and O–H groups in total. The summed E-state index contributed by atoms with van der Waals surface area (Å²) >= 11 is 0. The number of carboxylic acids is 1. The Bertz CT molecular complexity index is 718. The molecule has 3 heterocycles. The minimum Gasteiger partial charge on any atom is -0.480 e. The molecule has 0 spiro atoms. The number of carboxylic acid groups (broad SMARTS) is 1. The van der Waals surface area contributed by atoms with E-state index in [4.69, 9.17) is 5.11 Å². The summed E-state index contributed by atoms with van der Waals surface area (Å²) < 4.78 is 0. The number of dihydropyridines is 1. The summed E-state index contributed by atoms with van der Waals surface area (Å²) in [5.74, 6) is -0.778. The van der Waals surface area contributed by atoms with Crippen LogP contribution in [0.3, 0.4) is 0 Å². The van der Waals surface area contributed by atoms with Gasteiger partial charge in [-0.25, -0.2) is 4.99 Å². The Labute approximate surface area is 122 Å². The summed E-state index contributed by atoms with van der Waals surface area (Å²) in [5.41, 5.74) is 5.68. The molecule has 0 aromatic heterocycles. The van der Waals surface area contributed by atoms with Gasteiger partial charge in [0.25, 0.3) is 0 Å². The molecule has 0 radical (unpaired) electrons. The monoisotopic (exact) mass is 281 g/mol. The first kappa shape index (κ1) is 12.5. The molecule has 5 heteroatoms. The van der Waals surface area contributed by atoms with E-state index in [-0.39, 0.29) is 12.6 Å². The van der Waals surface area contributed by atoms with Crippen LogP contribution in [0.5, 0.6) is 0 Å². The third-order valence-corrected chi connectivity index (χ3v) is 4.26. The molecule has 0 bridgehead atoms. The molecule has 1 saturated heterocycles. The van der Waals surface area contributed by atoms with Crippen LogP contribution in [0.2, 0.25) is 0 Å². The topological polar surface area (TPSA) is 65.3 Å². The highest BCUT2D eigenvalue weighted by atomic mass is 16.4. The molecular weight excluding hydrogens is 266 g/mol. The second-order valence-corrected chi connectivity index (χ2v) is 5.59. The third kappa shape index (κ3) is 2.01. The fourth-order valence-corrected chi connectivity index (χ4v) is 3.35. The van der Waals surface area contributed by atoms with Gasteiger partial charge >= 0.3 is 5.97 Å². The standard InChI is InChI=1S/C16H15N3O2/c20-15(21)9-19-6-5-11-14(8-19)17-7-13-16(11)10-3-1-2-4-12(10)18-13/h1-4,7,14H,5-6,8-9H2,(H,20,21). The molecule has 3 aliphatic heterocycles. The zero-order valence-corrected chi connectivity index (χ0v) is 11.5. The van der Waals surface area contributed by atoms with Gasteiger partial charge in [-0.3, -0.25) is 14.7 Å². The predicted molar refractivity (Wildman–Crippen MR) is 81.4 cm³/mol. The van der Waals surface area contributed by atoms with Crippen LogP contribution in [0.4, 0.5) is 5.69 Å². The molecule has 1 aromatic rings. The van der Waals surface area contributed by atoms with Gasteiger partial charge in [-0.2, -0.15) is 0 Å². The number of fused-ring (bicyclic) bond motifs is 4. The van der Waals surface area contributed by atoms with E-state index < -0.39 is 5.97 Å². The Balaban J connectivity index is 1.70. The quantitative estimate of drug-likeness (QED) is 0.898. The van der Waals surface area contributed by atoms with Crippen LogP contribution in [0.1, 0.15) is 12.0 Å². The lowest BCUT2D eigenvalue weighted by Gasteiger charge is -2.34. The molecule has 106 valence electrons. The normalized spacial score (nSPS) is 23.4. The van der Waals surface area contributed by atoms with Crippen molar-refractivity contribution in [3.63, 3.8) is 0 Å². The Morgan fingerprint density at radius 3 is 3.10 bits per heavy atom. The number of carbonyl (C=O) groups is 1. The van der Waals surface area contributed by atoms with E-state index in [9.17, 15) is 4.79 Å². The molecule has 1 aromatic carbocycles. The number of hydrogen-bond donors (Lipinski definition) is 1. The first-order valence-corrected chi connectivity index (χ1v) is 7.11. The lowest BCUT2D eigenvalue weighted by atomic mass is 9.86. The van der Waals surface area contributed by atoms with Gasteiger partial charge in [0.05, 0.1) is 24.0 Å². The van der Waals surface area contributed by atoms with Crippen molar-refractivity contribution >= 4 is 29.2 Å². The fraction of sp³-hybridized carbons (Fsp3) is 0.312. The minimum atomic E-state index is -0.778. The summed E-state index contributed by atoms with van der Waals surface area (Å²) in [7, 11) is 0. The van der Waals surface area contributed by atoms with Gasteiger partial charge in [-0.15, -0.1) is 0 Å². The first-order valence-electron chi connectivity index (χ1n) is 7.11. The highest BCUT2D eigenvalue weighted by Crippen LogP contribution is 2.40. The summed E-state index contributed by atoms with van der Waals surface area (Å²) in [6, 6.07) is 8.23. The van der Waals surface area contributed by atoms with E-state index in [1.54, 1.807) is 0 Å². The van der Waals surface area contributed by atoms with E-state index in [0.29, 0.717) is 6.54 Å². The number of piperidine rings is 1. The Hall–Kier alpha value is -2.27. The van der Waals surface area contributed by atoms with Crippen LogP contribution in [0.25, 0.3) is 5.57 Å². The number of para-hydroxylation sites is 1. The van der Waals surface area contributed by atoms with Crippen molar-refractivity contribution in [1.82, 2.24) is 4.90 Å².